The van der Waals surface area contributed by atoms with Crippen molar-refractivity contribution in [2.24, 2.45) is 0 Å². The number of carbonyl (C=O) groups excluding carboxylic acids is 1. The Bertz CT molecular complexity index is 988. The first kappa shape index (κ1) is 19.8. The van der Waals surface area contributed by atoms with Gasteiger partial charge in [-0.15, -0.1) is 0 Å². The Morgan fingerprint density at radius 2 is 1.41 bits per heavy atom. The molecule has 0 saturated carbocycles. The summed E-state index contributed by atoms with van der Waals surface area (Å²) in [7, 11) is 0. The summed E-state index contributed by atoms with van der Waals surface area (Å²) in [6.07, 6.45) is -0.344. The highest BCUT2D eigenvalue weighted by Crippen LogP contribution is 2.41. The quantitative estimate of drug-likeness (QED) is 0.594. The molecule has 1 aliphatic rings. The van der Waals surface area contributed by atoms with Gasteiger partial charge in [0.05, 0.1) is 6.04 Å². The molecule has 3 aromatic rings. The molecule has 1 saturated heterocycles. The summed E-state index contributed by atoms with van der Waals surface area (Å²) in [5.74, 6) is 0.0959. The second-order valence-corrected chi connectivity index (χ2v) is 7.84. The lowest BCUT2D eigenvalue weighted by atomic mass is 9.92. The van der Waals surface area contributed by atoms with Gasteiger partial charge >= 0.3 is 0 Å². The van der Waals surface area contributed by atoms with E-state index >= 15 is 0 Å². The molecule has 1 amide bonds. The molecule has 29 heavy (non-hydrogen) atoms. The third-order valence-electron chi connectivity index (χ3n) is 5.03. The van der Waals surface area contributed by atoms with Gasteiger partial charge < -0.3 is 14.7 Å². The summed E-state index contributed by atoms with van der Waals surface area (Å²) in [6, 6.07) is 21.5. The van der Waals surface area contributed by atoms with E-state index in [0.29, 0.717) is 16.6 Å². The average Bonchev–Trinajstić information content (AvgIpc) is 2.72. The fraction of sp³-hybridized carbons (Fsp3) is 0.174. The highest BCUT2D eigenvalue weighted by Gasteiger charge is 2.38. The Balaban J connectivity index is 1.74. The third kappa shape index (κ3) is 4.40. The number of hydrogen-bond donors (Lipinski definition) is 1. The second-order valence-electron chi connectivity index (χ2n) is 6.97. The molecular formula is C23H19Cl2NO3. The highest BCUT2D eigenvalue weighted by molar-refractivity contribution is 6.30. The van der Waals surface area contributed by atoms with Crippen molar-refractivity contribution in [3.8, 4) is 5.75 Å². The van der Waals surface area contributed by atoms with Crippen molar-refractivity contribution < 1.29 is 14.6 Å². The van der Waals surface area contributed by atoms with Crippen LogP contribution in [0.25, 0.3) is 0 Å². The molecule has 0 bridgehead atoms. The number of hydrogen-bond acceptors (Lipinski definition) is 3. The van der Waals surface area contributed by atoms with Gasteiger partial charge in [-0.3, -0.25) is 4.79 Å². The molecule has 0 aromatic heterocycles. The van der Waals surface area contributed by atoms with Crippen LogP contribution >= 0.6 is 23.2 Å². The summed E-state index contributed by atoms with van der Waals surface area (Å²) in [5, 5.41) is 10.8. The molecule has 1 aliphatic heterocycles. The van der Waals surface area contributed by atoms with Crippen LogP contribution in [0.4, 0.5) is 0 Å². The Morgan fingerprint density at radius 1 is 0.862 bits per heavy atom. The number of rotatable bonds is 4. The normalized spacial score (nSPS) is 19.4. The van der Waals surface area contributed by atoms with Crippen LogP contribution < -0.4 is 0 Å². The van der Waals surface area contributed by atoms with Crippen LogP contribution in [-0.4, -0.2) is 22.5 Å². The first-order valence-electron chi connectivity index (χ1n) is 9.21. The van der Waals surface area contributed by atoms with Gasteiger partial charge in [0, 0.05) is 16.6 Å². The Morgan fingerprint density at radius 3 is 2.00 bits per heavy atom. The lowest BCUT2D eigenvalue weighted by Gasteiger charge is -2.41. The molecule has 4 rings (SSSR count). The smallest absolute Gasteiger partial charge is 0.249 e. The molecule has 0 radical (unpaired) electrons. The van der Waals surface area contributed by atoms with Crippen LogP contribution in [0.15, 0.2) is 72.8 Å². The predicted octanol–water partition coefficient (Wildman–Crippen LogP) is 5.54. The molecule has 2 unspecified atom stereocenters. The van der Waals surface area contributed by atoms with E-state index in [1.807, 2.05) is 65.6 Å². The zero-order valence-electron chi connectivity index (χ0n) is 15.5. The Kier molecular flexibility index (Phi) is 5.76. The zero-order valence-corrected chi connectivity index (χ0v) is 17.0. The maximum absolute atomic E-state index is 12.9. The van der Waals surface area contributed by atoms with Crippen molar-refractivity contribution in [1.29, 1.82) is 0 Å². The largest absolute Gasteiger partial charge is 0.508 e. The summed E-state index contributed by atoms with van der Waals surface area (Å²) in [4.78, 5) is 14.7. The average molecular weight is 428 g/mol. The number of nitrogens with zero attached hydrogens (tertiary/aromatic N) is 1. The van der Waals surface area contributed by atoms with Crippen LogP contribution in [-0.2, 0) is 16.1 Å². The van der Waals surface area contributed by atoms with Gasteiger partial charge in [0.1, 0.15) is 18.5 Å². The molecule has 4 nitrogen and oxygen atoms in total. The van der Waals surface area contributed by atoms with E-state index in [1.165, 1.54) is 0 Å². The van der Waals surface area contributed by atoms with E-state index in [0.717, 1.165) is 16.7 Å². The van der Waals surface area contributed by atoms with E-state index in [1.54, 1.807) is 12.1 Å². The molecular weight excluding hydrogens is 409 g/mol. The maximum atomic E-state index is 12.9. The minimum atomic E-state index is -0.344. The first-order chi connectivity index (χ1) is 14.0. The molecule has 148 valence electrons. The standard InChI is InChI=1S/C23H19Cl2NO3/c24-18-7-3-16(4-8-18)22-23(17-5-9-19(25)10-6-17)29-14-21(28)26(22)13-15-1-11-20(27)12-2-15/h1-12,22-23,27H,13-14H2. The van der Waals surface area contributed by atoms with Crippen molar-refractivity contribution in [2.45, 2.75) is 18.7 Å². The number of carbonyl (C=O) groups is 1. The van der Waals surface area contributed by atoms with Gasteiger partial charge in [-0.1, -0.05) is 59.6 Å². The van der Waals surface area contributed by atoms with Gasteiger partial charge in [-0.25, -0.2) is 0 Å². The number of ether oxygens (including phenoxy) is 1. The Labute approximate surface area is 179 Å². The number of amides is 1. The van der Waals surface area contributed by atoms with Crippen LogP contribution in [0.3, 0.4) is 0 Å². The highest BCUT2D eigenvalue weighted by atomic mass is 35.5. The summed E-state index contributed by atoms with van der Waals surface area (Å²) in [6.45, 7) is 0.398. The van der Waals surface area contributed by atoms with Gasteiger partial charge in [0.2, 0.25) is 5.91 Å². The fourth-order valence-corrected chi connectivity index (χ4v) is 3.84. The summed E-state index contributed by atoms with van der Waals surface area (Å²) < 4.78 is 5.99. The minimum Gasteiger partial charge on any atom is -0.508 e. The minimum absolute atomic E-state index is 0.00450. The lowest BCUT2D eigenvalue weighted by Crippen LogP contribution is -2.45. The molecule has 1 heterocycles. The predicted molar refractivity (Wildman–Crippen MR) is 113 cm³/mol. The molecule has 1 fully saturated rings. The summed E-state index contributed by atoms with van der Waals surface area (Å²) >= 11 is 12.1. The Hall–Kier alpha value is -2.53. The monoisotopic (exact) mass is 427 g/mol. The van der Waals surface area contributed by atoms with Gasteiger partial charge in [-0.05, 0) is 53.1 Å². The number of halogens is 2. The van der Waals surface area contributed by atoms with E-state index in [2.05, 4.69) is 0 Å². The van der Waals surface area contributed by atoms with Crippen LogP contribution in [0, 0.1) is 0 Å². The molecule has 1 N–H and O–H groups in total. The topological polar surface area (TPSA) is 49.8 Å². The van der Waals surface area contributed by atoms with Crippen molar-refractivity contribution >= 4 is 29.1 Å². The zero-order chi connectivity index (χ0) is 20.4. The van der Waals surface area contributed by atoms with Crippen LogP contribution in [0.5, 0.6) is 5.75 Å². The molecule has 6 heteroatoms. The number of morpholine rings is 1. The van der Waals surface area contributed by atoms with Gasteiger partial charge in [-0.2, -0.15) is 0 Å². The van der Waals surface area contributed by atoms with Gasteiger partial charge in [0.15, 0.2) is 0 Å². The SMILES string of the molecule is O=C1COC(c2ccc(Cl)cc2)C(c2ccc(Cl)cc2)N1Cc1ccc(O)cc1. The number of phenols is 1. The van der Waals surface area contributed by atoms with Crippen molar-refractivity contribution in [1.82, 2.24) is 4.90 Å². The molecule has 0 aliphatic carbocycles. The van der Waals surface area contributed by atoms with E-state index < -0.39 is 0 Å². The van der Waals surface area contributed by atoms with E-state index in [-0.39, 0.29) is 30.4 Å². The van der Waals surface area contributed by atoms with Crippen LogP contribution in [0.2, 0.25) is 10.0 Å². The molecule has 0 spiro atoms. The number of phenolic OH excluding ortho intramolecular Hbond substituents is 1. The summed E-state index contributed by atoms with van der Waals surface area (Å²) in [5.41, 5.74) is 2.80. The number of benzene rings is 3. The van der Waals surface area contributed by atoms with Crippen molar-refractivity contribution in [3.05, 3.63) is 99.5 Å². The van der Waals surface area contributed by atoms with Crippen LogP contribution in [0.1, 0.15) is 28.8 Å². The fourth-order valence-electron chi connectivity index (χ4n) is 3.58. The third-order valence-corrected chi connectivity index (χ3v) is 5.53. The maximum Gasteiger partial charge on any atom is 0.249 e. The van der Waals surface area contributed by atoms with E-state index in [9.17, 15) is 9.90 Å². The number of aromatic hydroxyl groups is 1. The van der Waals surface area contributed by atoms with Gasteiger partial charge in [0.25, 0.3) is 0 Å². The molecule has 3 aromatic carbocycles. The second kappa shape index (κ2) is 8.46. The lowest BCUT2D eigenvalue weighted by molar-refractivity contribution is -0.159. The first-order valence-corrected chi connectivity index (χ1v) is 9.97. The molecule has 2 atom stereocenters. The van der Waals surface area contributed by atoms with Crippen molar-refractivity contribution in [2.75, 3.05) is 6.61 Å². The van der Waals surface area contributed by atoms with E-state index in [4.69, 9.17) is 27.9 Å². The van der Waals surface area contributed by atoms with Crippen molar-refractivity contribution in [3.63, 3.8) is 0 Å².